The molecule has 5 heteroatoms. The zero-order valence-corrected chi connectivity index (χ0v) is 16.1. The number of nitrogens with zero attached hydrogens (tertiary/aromatic N) is 2. The molecule has 3 aromatic rings. The van der Waals surface area contributed by atoms with Crippen molar-refractivity contribution in [1.82, 2.24) is 9.47 Å². The van der Waals surface area contributed by atoms with Gasteiger partial charge in [-0.1, -0.05) is 18.2 Å². The fraction of sp³-hybridized carbons (Fsp3) is 0.348. The largest absolute Gasteiger partial charge is 0.454 e. The fourth-order valence-corrected chi connectivity index (χ4v) is 4.49. The minimum atomic E-state index is 0.0316. The number of piperidine rings is 1. The Hall–Kier alpha value is -2.79. The third kappa shape index (κ3) is 3.06. The number of aryl methyl sites for hydroxylation is 1. The van der Waals surface area contributed by atoms with Crippen molar-refractivity contribution in [2.45, 2.75) is 19.4 Å². The molecule has 5 nitrogen and oxygen atoms in total. The summed E-state index contributed by atoms with van der Waals surface area (Å²) in [5.41, 5.74) is 3.30. The van der Waals surface area contributed by atoms with Crippen molar-refractivity contribution in [3.05, 3.63) is 59.8 Å². The molecule has 0 radical (unpaired) electrons. The van der Waals surface area contributed by atoms with Gasteiger partial charge in [-0.25, -0.2) is 0 Å². The predicted octanol–water partition coefficient (Wildman–Crippen LogP) is 4.00. The van der Waals surface area contributed by atoms with E-state index in [1.807, 2.05) is 18.2 Å². The molecule has 1 fully saturated rings. The van der Waals surface area contributed by atoms with Crippen molar-refractivity contribution >= 4 is 16.7 Å². The van der Waals surface area contributed by atoms with Crippen LogP contribution in [-0.4, -0.2) is 35.1 Å². The zero-order valence-electron chi connectivity index (χ0n) is 16.1. The molecule has 2 aromatic carbocycles. The number of aromatic nitrogens is 1. The van der Waals surface area contributed by atoms with Gasteiger partial charge in [0.2, 0.25) is 6.79 Å². The maximum atomic E-state index is 13.1. The van der Waals surface area contributed by atoms with Gasteiger partial charge in [-0.2, -0.15) is 0 Å². The van der Waals surface area contributed by atoms with E-state index in [0.29, 0.717) is 5.75 Å². The van der Waals surface area contributed by atoms with E-state index in [1.165, 1.54) is 16.5 Å². The maximum Gasteiger partial charge on any atom is 0.231 e. The van der Waals surface area contributed by atoms with Crippen LogP contribution in [0, 0.1) is 5.92 Å². The van der Waals surface area contributed by atoms with Gasteiger partial charge >= 0.3 is 0 Å². The highest BCUT2D eigenvalue weighted by Gasteiger charge is 2.28. The lowest BCUT2D eigenvalue weighted by Gasteiger charge is -2.32. The van der Waals surface area contributed by atoms with E-state index in [0.717, 1.165) is 43.8 Å². The third-order valence-electron chi connectivity index (χ3n) is 5.91. The van der Waals surface area contributed by atoms with Crippen LogP contribution in [0.25, 0.3) is 10.9 Å². The Labute approximate surface area is 164 Å². The SMILES string of the molecule is Cn1cc(CN2CCCC(C(=O)c3ccc4c(c3)OCO4)C2)c2ccccc21. The summed E-state index contributed by atoms with van der Waals surface area (Å²) < 4.78 is 13.0. The van der Waals surface area contributed by atoms with Gasteiger partial charge < -0.3 is 14.0 Å². The standard InChI is InChI=1S/C23H24N2O3/c1-24-12-18(19-6-2-3-7-20(19)24)14-25-10-4-5-17(13-25)23(26)16-8-9-21-22(11-16)28-15-27-21/h2-3,6-9,11-12,17H,4-5,10,13-15H2,1H3. The third-order valence-corrected chi connectivity index (χ3v) is 5.91. The summed E-state index contributed by atoms with van der Waals surface area (Å²) in [5, 5.41) is 1.30. The normalized spacial score (nSPS) is 19.2. The summed E-state index contributed by atoms with van der Waals surface area (Å²) in [6.45, 7) is 2.95. The van der Waals surface area contributed by atoms with Gasteiger partial charge in [-0.3, -0.25) is 9.69 Å². The second-order valence-corrected chi connectivity index (χ2v) is 7.79. The molecule has 3 heterocycles. The number of likely N-dealkylation sites (tertiary alicyclic amines) is 1. The van der Waals surface area contributed by atoms with E-state index < -0.39 is 0 Å². The number of benzene rings is 2. The van der Waals surface area contributed by atoms with Crippen molar-refractivity contribution in [2.24, 2.45) is 13.0 Å². The molecule has 5 rings (SSSR count). The topological polar surface area (TPSA) is 43.7 Å². The van der Waals surface area contributed by atoms with Gasteiger partial charge in [0.05, 0.1) is 0 Å². The van der Waals surface area contributed by atoms with Crippen molar-refractivity contribution in [1.29, 1.82) is 0 Å². The van der Waals surface area contributed by atoms with Gasteiger partial charge in [-0.15, -0.1) is 0 Å². The molecule has 2 aliphatic rings. The molecule has 2 aliphatic heterocycles. The van der Waals surface area contributed by atoms with Crippen LogP contribution in [0.4, 0.5) is 0 Å². The number of ketones is 1. The van der Waals surface area contributed by atoms with Crippen LogP contribution in [-0.2, 0) is 13.6 Å². The van der Waals surface area contributed by atoms with Crippen molar-refractivity contribution in [2.75, 3.05) is 19.9 Å². The van der Waals surface area contributed by atoms with Crippen molar-refractivity contribution < 1.29 is 14.3 Å². The smallest absolute Gasteiger partial charge is 0.231 e. The number of rotatable bonds is 4. The van der Waals surface area contributed by atoms with Crippen LogP contribution >= 0.6 is 0 Å². The van der Waals surface area contributed by atoms with Crippen LogP contribution in [0.15, 0.2) is 48.7 Å². The van der Waals surface area contributed by atoms with E-state index in [2.05, 4.69) is 47.0 Å². The second kappa shape index (κ2) is 6.99. The first kappa shape index (κ1) is 17.3. The van der Waals surface area contributed by atoms with Crippen LogP contribution in [0.5, 0.6) is 11.5 Å². The Morgan fingerprint density at radius 2 is 2.00 bits per heavy atom. The Balaban J connectivity index is 1.32. The van der Waals surface area contributed by atoms with E-state index in [9.17, 15) is 4.79 Å². The summed E-state index contributed by atoms with van der Waals surface area (Å²) in [4.78, 5) is 15.5. The highest BCUT2D eigenvalue weighted by atomic mass is 16.7. The lowest BCUT2D eigenvalue weighted by atomic mass is 9.89. The molecule has 0 N–H and O–H groups in total. The van der Waals surface area contributed by atoms with Gasteiger partial charge in [0.15, 0.2) is 17.3 Å². The van der Waals surface area contributed by atoms with Gasteiger partial charge in [0, 0.05) is 48.7 Å². The first-order valence-electron chi connectivity index (χ1n) is 9.88. The molecule has 1 atom stereocenters. The Morgan fingerprint density at radius 3 is 2.93 bits per heavy atom. The number of hydrogen-bond acceptors (Lipinski definition) is 4. The van der Waals surface area contributed by atoms with E-state index in [-0.39, 0.29) is 18.5 Å². The van der Waals surface area contributed by atoms with Crippen molar-refractivity contribution in [3.63, 3.8) is 0 Å². The summed E-state index contributed by atoms with van der Waals surface area (Å²) in [6.07, 6.45) is 4.21. The van der Waals surface area contributed by atoms with E-state index in [4.69, 9.17) is 9.47 Å². The molecule has 0 bridgehead atoms. The molecule has 0 aliphatic carbocycles. The second-order valence-electron chi connectivity index (χ2n) is 7.79. The minimum absolute atomic E-state index is 0.0316. The molecule has 28 heavy (non-hydrogen) atoms. The molecule has 0 spiro atoms. The number of carbonyl (C=O) groups excluding carboxylic acids is 1. The highest BCUT2D eigenvalue weighted by molar-refractivity contribution is 5.98. The molecular weight excluding hydrogens is 352 g/mol. The summed E-state index contributed by atoms with van der Waals surface area (Å²) in [7, 11) is 2.09. The number of para-hydroxylation sites is 1. The molecule has 0 saturated carbocycles. The van der Waals surface area contributed by atoms with Gasteiger partial charge in [0.25, 0.3) is 0 Å². The summed E-state index contributed by atoms with van der Waals surface area (Å²) in [5.74, 6) is 1.64. The average Bonchev–Trinajstić information content (AvgIpc) is 3.32. The van der Waals surface area contributed by atoms with Gasteiger partial charge in [-0.05, 0) is 49.2 Å². The van der Waals surface area contributed by atoms with Crippen LogP contribution < -0.4 is 9.47 Å². The lowest BCUT2D eigenvalue weighted by Crippen LogP contribution is -2.38. The maximum absolute atomic E-state index is 13.1. The molecule has 1 aromatic heterocycles. The van der Waals surface area contributed by atoms with E-state index >= 15 is 0 Å². The quantitative estimate of drug-likeness (QED) is 0.646. The summed E-state index contributed by atoms with van der Waals surface area (Å²) in [6, 6.07) is 14.0. The number of carbonyl (C=O) groups is 1. The fourth-order valence-electron chi connectivity index (χ4n) is 4.49. The average molecular weight is 376 g/mol. The highest BCUT2D eigenvalue weighted by Crippen LogP contribution is 2.34. The number of Topliss-reactive ketones (excluding diaryl/α,β-unsaturated/α-hetero) is 1. The van der Waals surface area contributed by atoms with Crippen LogP contribution in [0.2, 0.25) is 0 Å². The first-order valence-corrected chi connectivity index (χ1v) is 9.88. The lowest BCUT2D eigenvalue weighted by molar-refractivity contribution is 0.0811. The van der Waals surface area contributed by atoms with Gasteiger partial charge in [0.1, 0.15) is 0 Å². The number of hydrogen-bond donors (Lipinski definition) is 0. The van der Waals surface area contributed by atoms with E-state index in [1.54, 1.807) is 0 Å². The molecule has 1 unspecified atom stereocenters. The number of ether oxygens (including phenoxy) is 2. The van der Waals surface area contributed by atoms with Crippen molar-refractivity contribution in [3.8, 4) is 11.5 Å². The Kier molecular flexibility index (Phi) is 4.32. The predicted molar refractivity (Wildman–Crippen MR) is 108 cm³/mol. The Bertz CT molecular complexity index is 1040. The zero-order chi connectivity index (χ0) is 19.1. The Morgan fingerprint density at radius 1 is 1.14 bits per heavy atom. The van der Waals surface area contributed by atoms with Crippen LogP contribution in [0.1, 0.15) is 28.8 Å². The molecular formula is C23H24N2O3. The molecule has 144 valence electrons. The monoisotopic (exact) mass is 376 g/mol. The molecule has 1 saturated heterocycles. The van der Waals surface area contributed by atoms with Crippen LogP contribution in [0.3, 0.4) is 0 Å². The first-order chi connectivity index (χ1) is 13.7. The summed E-state index contributed by atoms with van der Waals surface area (Å²) >= 11 is 0. The molecule has 0 amide bonds. The minimum Gasteiger partial charge on any atom is -0.454 e. The number of fused-ring (bicyclic) bond motifs is 2.